The Hall–Kier alpha value is -3.38. The smallest absolute Gasteiger partial charge is 0.00142 e. The van der Waals surface area contributed by atoms with E-state index < -0.39 is 0 Å². The number of fused-ring (bicyclic) bond motifs is 1. The van der Waals surface area contributed by atoms with Crippen molar-refractivity contribution in [1.82, 2.24) is 0 Å². The largest absolute Gasteiger partial charge is 0.0955 e. The number of hydrogen-bond acceptors (Lipinski definition) is 0. The van der Waals surface area contributed by atoms with Crippen LogP contribution in [0.3, 0.4) is 0 Å². The lowest BCUT2D eigenvalue weighted by Gasteiger charge is -2.23. The molecule has 2 aromatic carbocycles. The minimum Gasteiger partial charge on any atom is -0.0955 e. The Morgan fingerprint density at radius 2 is 1.78 bits per heavy atom. The van der Waals surface area contributed by atoms with Gasteiger partial charge in [-0.25, -0.2) is 0 Å². The molecule has 0 amide bonds. The molecule has 0 heterocycles. The predicted molar refractivity (Wildman–Crippen MR) is 164 cm³/mol. The van der Waals surface area contributed by atoms with Gasteiger partial charge in [0.05, 0.1) is 0 Å². The Kier molecular flexibility index (Phi) is 8.82. The van der Waals surface area contributed by atoms with Gasteiger partial charge in [-0.15, -0.1) is 0 Å². The molecule has 0 unspecified atom stereocenters. The molecule has 0 bridgehead atoms. The van der Waals surface area contributed by atoms with Gasteiger partial charge in [0.2, 0.25) is 0 Å². The molecule has 0 aliphatic heterocycles. The van der Waals surface area contributed by atoms with Gasteiger partial charge in [-0.1, -0.05) is 117 Å². The van der Waals surface area contributed by atoms with Crippen LogP contribution in [0.1, 0.15) is 75.6 Å². The number of hydrogen-bond donors (Lipinski definition) is 0. The highest BCUT2D eigenvalue weighted by Gasteiger charge is 2.28. The van der Waals surface area contributed by atoms with Crippen LogP contribution in [0.15, 0.2) is 113 Å². The van der Waals surface area contributed by atoms with Crippen LogP contribution in [0, 0.1) is 6.92 Å². The normalized spacial score (nSPS) is 18.8. The van der Waals surface area contributed by atoms with Gasteiger partial charge >= 0.3 is 0 Å². The third-order valence-corrected chi connectivity index (χ3v) is 7.62. The Balaban J connectivity index is 0.00000156. The van der Waals surface area contributed by atoms with Crippen LogP contribution in [0.2, 0.25) is 0 Å². The van der Waals surface area contributed by atoms with Gasteiger partial charge in [0.1, 0.15) is 0 Å². The molecule has 190 valence electrons. The average molecular weight is 487 g/mol. The SMILES string of the molecule is C=C1/C=C\C=C/Cc2cccc(-c3cc(C)ccc3C3=CCCC4=C3CC(/C=C\C)=C4CC)c2C1.CC. The van der Waals surface area contributed by atoms with E-state index in [1.807, 2.05) is 13.8 Å². The number of allylic oxidation sites excluding steroid dienone is 13. The first-order chi connectivity index (χ1) is 18.1. The Bertz CT molecular complexity index is 1360. The summed E-state index contributed by atoms with van der Waals surface area (Å²) in [4.78, 5) is 0. The summed E-state index contributed by atoms with van der Waals surface area (Å²) in [5, 5.41) is 0. The van der Waals surface area contributed by atoms with Crippen LogP contribution in [-0.2, 0) is 12.8 Å². The summed E-state index contributed by atoms with van der Waals surface area (Å²) in [6, 6.07) is 13.9. The van der Waals surface area contributed by atoms with E-state index in [1.165, 1.54) is 50.9 Å². The summed E-state index contributed by atoms with van der Waals surface area (Å²) in [5.41, 5.74) is 17.1. The van der Waals surface area contributed by atoms with Gasteiger partial charge in [0, 0.05) is 0 Å². The third-order valence-electron chi connectivity index (χ3n) is 7.62. The van der Waals surface area contributed by atoms with E-state index in [-0.39, 0.29) is 0 Å². The molecule has 0 N–H and O–H groups in total. The van der Waals surface area contributed by atoms with Crippen molar-refractivity contribution in [2.75, 3.05) is 0 Å². The first-order valence-electron chi connectivity index (χ1n) is 14.1. The molecule has 0 nitrogen and oxygen atoms in total. The predicted octanol–water partition coefficient (Wildman–Crippen LogP) is 10.6. The summed E-state index contributed by atoms with van der Waals surface area (Å²) >= 11 is 0. The zero-order chi connectivity index (χ0) is 26.4. The van der Waals surface area contributed by atoms with Crippen LogP contribution >= 0.6 is 0 Å². The van der Waals surface area contributed by atoms with E-state index in [4.69, 9.17) is 0 Å². The van der Waals surface area contributed by atoms with Crippen LogP contribution in [0.25, 0.3) is 16.7 Å². The maximum Gasteiger partial charge on any atom is -0.00142 e. The fraction of sp³-hybridized carbons (Fsp3) is 0.297. The van der Waals surface area contributed by atoms with Crippen molar-refractivity contribution in [3.8, 4) is 11.1 Å². The lowest BCUT2D eigenvalue weighted by atomic mass is 9.81. The molecule has 0 atom stereocenters. The minimum absolute atomic E-state index is 0.886. The highest BCUT2D eigenvalue weighted by atomic mass is 14.3. The zero-order valence-electron chi connectivity index (χ0n) is 23.5. The van der Waals surface area contributed by atoms with Crippen molar-refractivity contribution >= 4 is 5.57 Å². The summed E-state index contributed by atoms with van der Waals surface area (Å²) in [5.74, 6) is 0. The van der Waals surface area contributed by atoms with E-state index in [2.05, 4.69) is 106 Å². The average Bonchev–Trinajstić information content (AvgIpc) is 3.31. The van der Waals surface area contributed by atoms with Gasteiger partial charge < -0.3 is 0 Å². The maximum absolute atomic E-state index is 4.36. The van der Waals surface area contributed by atoms with Crippen LogP contribution in [-0.4, -0.2) is 0 Å². The molecule has 0 fully saturated rings. The van der Waals surface area contributed by atoms with E-state index in [1.54, 1.807) is 16.7 Å². The highest BCUT2D eigenvalue weighted by Crippen LogP contribution is 2.48. The summed E-state index contributed by atoms with van der Waals surface area (Å²) in [7, 11) is 0. The van der Waals surface area contributed by atoms with E-state index in [9.17, 15) is 0 Å². The molecule has 0 radical (unpaired) electrons. The number of rotatable bonds is 4. The molecule has 3 aliphatic carbocycles. The lowest BCUT2D eigenvalue weighted by Crippen LogP contribution is -2.03. The van der Waals surface area contributed by atoms with Gasteiger partial charge in [0.25, 0.3) is 0 Å². The molecule has 0 spiro atoms. The zero-order valence-corrected chi connectivity index (χ0v) is 23.5. The summed E-state index contributed by atoms with van der Waals surface area (Å²) in [6.45, 7) is 15.0. The Morgan fingerprint density at radius 1 is 0.946 bits per heavy atom. The van der Waals surface area contributed by atoms with E-state index in [0.29, 0.717) is 0 Å². The molecule has 3 aliphatic rings. The van der Waals surface area contributed by atoms with Crippen molar-refractivity contribution < 1.29 is 0 Å². The lowest BCUT2D eigenvalue weighted by molar-refractivity contribution is 0.938. The number of aryl methyl sites for hydroxylation is 1. The molecular weight excluding hydrogens is 444 g/mol. The van der Waals surface area contributed by atoms with Gasteiger partial charge in [0.15, 0.2) is 0 Å². The van der Waals surface area contributed by atoms with Crippen molar-refractivity contribution in [1.29, 1.82) is 0 Å². The van der Waals surface area contributed by atoms with Crippen LogP contribution in [0.4, 0.5) is 0 Å². The number of benzene rings is 2. The van der Waals surface area contributed by atoms with Crippen molar-refractivity contribution in [3.63, 3.8) is 0 Å². The second-order valence-corrected chi connectivity index (χ2v) is 9.97. The first kappa shape index (κ1) is 26.7. The second-order valence-electron chi connectivity index (χ2n) is 9.97. The maximum atomic E-state index is 4.36. The Labute approximate surface area is 225 Å². The van der Waals surface area contributed by atoms with Gasteiger partial charge in [-0.3, -0.25) is 0 Å². The third kappa shape index (κ3) is 5.49. The van der Waals surface area contributed by atoms with Crippen LogP contribution < -0.4 is 0 Å². The monoisotopic (exact) mass is 486 g/mol. The molecule has 37 heavy (non-hydrogen) atoms. The molecule has 5 rings (SSSR count). The van der Waals surface area contributed by atoms with E-state index >= 15 is 0 Å². The van der Waals surface area contributed by atoms with Gasteiger partial charge in [-0.2, -0.15) is 0 Å². The highest BCUT2D eigenvalue weighted by molar-refractivity contribution is 5.92. The molecule has 0 heteroatoms. The first-order valence-corrected chi connectivity index (χ1v) is 14.1. The fourth-order valence-electron chi connectivity index (χ4n) is 6.05. The van der Waals surface area contributed by atoms with E-state index in [0.717, 1.165) is 37.7 Å². The molecule has 0 saturated carbocycles. The standard InChI is InChI=1S/C35H36.C2H6/c1-5-12-27-23-35-29(28(27)6-2)17-11-18-30(35)32-20-19-25(4)22-34(32)31-16-10-15-26-14-9-7-8-13-24(3)21-33(26)31;1-2/h5,7-10,12-13,15-16,18-20,22H,3,6,11,14,17,21,23H2,1-2,4H3;1-2H3/b9-7-,12-5-,13-8-;. The summed E-state index contributed by atoms with van der Waals surface area (Å²) in [6.07, 6.45) is 22.0. The Morgan fingerprint density at radius 3 is 2.57 bits per heavy atom. The second kappa shape index (κ2) is 12.2. The molecule has 0 saturated heterocycles. The summed E-state index contributed by atoms with van der Waals surface area (Å²) < 4.78 is 0. The topological polar surface area (TPSA) is 0 Å². The molecule has 0 aromatic heterocycles. The van der Waals surface area contributed by atoms with Crippen molar-refractivity contribution in [2.45, 2.75) is 73.1 Å². The quantitative estimate of drug-likeness (QED) is 0.403. The van der Waals surface area contributed by atoms with Crippen LogP contribution in [0.5, 0.6) is 0 Å². The van der Waals surface area contributed by atoms with Crippen molar-refractivity contribution in [2.24, 2.45) is 0 Å². The van der Waals surface area contributed by atoms with Gasteiger partial charge in [-0.05, 0) is 108 Å². The fourth-order valence-corrected chi connectivity index (χ4v) is 6.05. The van der Waals surface area contributed by atoms with Crippen molar-refractivity contribution in [3.05, 3.63) is 136 Å². The molecule has 2 aromatic rings. The molecular formula is C37H42. The minimum atomic E-state index is 0.886.